The van der Waals surface area contributed by atoms with Gasteiger partial charge in [0, 0.05) is 0 Å². The third-order valence-corrected chi connectivity index (χ3v) is 1.69. The van der Waals surface area contributed by atoms with Crippen molar-refractivity contribution in [3.05, 3.63) is 6.33 Å². The van der Waals surface area contributed by atoms with E-state index in [-0.39, 0.29) is 18.6 Å². The molecular formula is C6H12N4O2. The minimum Gasteiger partial charge on any atom is -0.394 e. The molecule has 0 radical (unpaired) electrons. The van der Waals surface area contributed by atoms with Gasteiger partial charge in [0.05, 0.1) is 18.8 Å². The van der Waals surface area contributed by atoms with Crippen LogP contribution in [-0.2, 0) is 0 Å². The zero-order valence-electron chi connectivity index (χ0n) is 6.75. The van der Waals surface area contributed by atoms with Gasteiger partial charge in [0.15, 0.2) is 0 Å². The summed E-state index contributed by atoms with van der Waals surface area (Å²) in [6.07, 6.45) is 0.574. The average molecular weight is 172 g/mol. The fourth-order valence-corrected chi connectivity index (χ4v) is 0.813. The van der Waals surface area contributed by atoms with E-state index in [9.17, 15) is 5.11 Å². The predicted molar refractivity (Wildman–Crippen MR) is 42.2 cm³/mol. The number of aliphatic hydroxyl groups excluding tert-OH is 2. The number of anilines is 1. The highest BCUT2D eigenvalue weighted by atomic mass is 16.3. The smallest absolute Gasteiger partial charge is 0.239 e. The van der Waals surface area contributed by atoms with Gasteiger partial charge in [-0.1, -0.05) is 0 Å². The quantitative estimate of drug-likeness (QED) is 0.530. The SMILES string of the molecule is CC(C(O)CO)n1cnc(N)n1. The van der Waals surface area contributed by atoms with Crippen molar-refractivity contribution in [3.8, 4) is 0 Å². The van der Waals surface area contributed by atoms with Crippen molar-refractivity contribution < 1.29 is 10.2 Å². The first-order valence-electron chi connectivity index (χ1n) is 3.60. The lowest BCUT2D eigenvalue weighted by Crippen LogP contribution is -2.25. The molecule has 0 amide bonds. The molecule has 12 heavy (non-hydrogen) atoms. The molecule has 1 aromatic heterocycles. The van der Waals surface area contributed by atoms with Crippen LogP contribution < -0.4 is 5.73 Å². The normalized spacial score (nSPS) is 15.9. The van der Waals surface area contributed by atoms with Gasteiger partial charge in [-0.15, -0.1) is 5.10 Å². The molecule has 0 saturated heterocycles. The Morgan fingerprint density at radius 1 is 1.75 bits per heavy atom. The Labute approximate surface area is 69.6 Å². The molecule has 6 nitrogen and oxygen atoms in total. The Balaban J connectivity index is 2.70. The largest absolute Gasteiger partial charge is 0.394 e. The maximum atomic E-state index is 9.21. The molecule has 2 unspecified atom stereocenters. The molecule has 4 N–H and O–H groups in total. The summed E-state index contributed by atoms with van der Waals surface area (Å²) in [4.78, 5) is 3.69. The number of aliphatic hydroxyl groups is 2. The number of hydrogen-bond donors (Lipinski definition) is 3. The van der Waals surface area contributed by atoms with E-state index in [1.807, 2.05) is 0 Å². The number of rotatable bonds is 3. The van der Waals surface area contributed by atoms with Gasteiger partial charge in [0.2, 0.25) is 5.95 Å². The number of nitrogen functional groups attached to an aromatic ring is 1. The van der Waals surface area contributed by atoms with Crippen LogP contribution >= 0.6 is 0 Å². The average Bonchev–Trinajstić information content (AvgIpc) is 2.49. The predicted octanol–water partition coefficient (Wildman–Crippen LogP) is -1.23. The van der Waals surface area contributed by atoms with Crippen LogP contribution in [0.1, 0.15) is 13.0 Å². The Morgan fingerprint density at radius 2 is 2.42 bits per heavy atom. The summed E-state index contributed by atoms with van der Waals surface area (Å²) in [7, 11) is 0. The molecule has 0 aliphatic heterocycles. The summed E-state index contributed by atoms with van der Waals surface area (Å²) >= 11 is 0. The van der Waals surface area contributed by atoms with Crippen LogP contribution in [0, 0.1) is 0 Å². The van der Waals surface area contributed by atoms with Crippen molar-refractivity contribution in [2.24, 2.45) is 0 Å². The van der Waals surface area contributed by atoms with E-state index in [4.69, 9.17) is 10.8 Å². The van der Waals surface area contributed by atoms with E-state index < -0.39 is 6.10 Å². The fourth-order valence-electron chi connectivity index (χ4n) is 0.813. The molecule has 0 aromatic carbocycles. The molecule has 0 spiro atoms. The Bertz CT molecular complexity index is 249. The minimum absolute atomic E-state index is 0.159. The first-order valence-corrected chi connectivity index (χ1v) is 3.60. The highest BCUT2D eigenvalue weighted by Gasteiger charge is 2.15. The Kier molecular flexibility index (Phi) is 2.61. The van der Waals surface area contributed by atoms with Crippen molar-refractivity contribution in [1.82, 2.24) is 14.8 Å². The molecule has 68 valence electrons. The van der Waals surface area contributed by atoms with E-state index in [0.29, 0.717) is 0 Å². The van der Waals surface area contributed by atoms with Gasteiger partial charge in [-0.3, -0.25) is 0 Å². The monoisotopic (exact) mass is 172 g/mol. The van der Waals surface area contributed by atoms with Crippen LogP contribution in [0.4, 0.5) is 5.95 Å². The first-order chi connectivity index (χ1) is 5.65. The molecule has 1 aromatic rings. The van der Waals surface area contributed by atoms with E-state index in [1.165, 1.54) is 11.0 Å². The maximum Gasteiger partial charge on any atom is 0.239 e. The molecule has 6 heteroatoms. The molecule has 1 rings (SSSR count). The van der Waals surface area contributed by atoms with Gasteiger partial charge in [-0.2, -0.15) is 0 Å². The second-order valence-corrected chi connectivity index (χ2v) is 2.57. The molecule has 1 heterocycles. The lowest BCUT2D eigenvalue weighted by Gasteiger charge is -2.15. The summed E-state index contributed by atoms with van der Waals surface area (Å²) in [5.41, 5.74) is 5.27. The third-order valence-electron chi connectivity index (χ3n) is 1.69. The lowest BCUT2D eigenvalue weighted by molar-refractivity contribution is 0.0534. The summed E-state index contributed by atoms with van der Waals surface area (Å²) in [5.74, 6) is 0.159. The topological polar surface area (TPSA) is 97.2 Å². The maximum absolute atomic E-state index is 9.21. The number of nitrogens with zero attached hydrogens (tertiary/aromatic N) is 3. The van der Waals surface area contributed by atoms with Crippen molar-refractivity contribution in [3.63, 3.8) is 0 Å². The van der Waals surface area contributed by atoms with Crippen LogP contribution in [0.3, 0.4) is 0 Å². The standard InChI is InChI=1S/C6H12N4O2/c1-4(5(12)2-11)10-3-8-6(7)9-10/h3-5,11-12H,2H2,1H3,(H2,7,9). The zero-order chi connectivity index (χ0) is 9.14. The fraction of sp³-hybridized carbons (Fsp3) is 0.667. The second-order valence-electron chi connectivity index (χ2n) is 2.57. The molecule has 0 aliphatic rings. The lowest BCUT2D eigenvalue weighted by atomic mass is 10.2. The summed E-state index contributed by atoms with van der Waals surface area (Å²) in [5, 5.41) is 21.6. The van der Waals surface area contributed by atoms with Gasteiger partial charge < -0.3 is 15.9 Å². The number of hydrogen-bond acceptors (Lipinski definition) is 5. The highest BCUT2D eigenvalue weighted by Crippen LogP contribution is 2.08. The second kappa shape index (κ2) is 3.51. The minimum atomic E-state index is -0.842. The molecule has 0 aliphatic carbocycles. The van der Waals surface area contributed by atoms with E-state index >= 15 is 0 Å². The summed E-state index contributed by atoms with van der Waals surface area (Å²) in [6.45, 7) is 1.41. The Morgan fingerprint density at radius 3 is 2.83 bits per heavy atom. The first kappa shape index (κ1) is 8.95. The number of nitrogens with two attached hydrogens (primary N) is 1. The van der Waals surface area contributed by atoms with Gasteiger partial charge in [-0.05, 0) is 6.92 Å². The molecule has 0 fully saturated rings. The summed E-state index contributed by atoms with van der Waals surface area (Å²) < 4.78 is 1.41. The van der Waals surface area contributed by atoms with Crippen LogP contribution in [0.15, 0.2) is 6.33 Å². The van der Waals surface area contributed by atoms with Crippen molar-refractivity contribution in [2.75, 3.05) is 12.3 Å². The highest BCUT2D eigenvalue weighted by molar-refractivity contribution is 5.09. The van der Waals surface area contributed by atoms with Gasteiger partial charge in [-0.25, -0.2) is 9.67 Å². The van der Waals surface area contributed by atoms with Crippen LogP contribution in [0.5, 0.6) is 0 Å². The molecule has 0 bridgehead atoms. The Hall–Kier alpha value is -1.14. The number of aromatic nitrogens is 3. The molecule has 2 atom stereocenters. The van der Waals surface area contributed by atoms with Crippen molar-refractivity contribution in [2.45, 2.75) is 19.1 Å². The third kappa shape index (κ3) is 1.72. The van der Waals surface area contributed by atoms with Crippen LogP contribution in [-0.4, -0.2) is 37.7 Å². The van der Waals surface area contributed by atoms with Crippen molar-refractivity contribution in [1.29, 1.82) is 0 Å². The van der Waals surface area contributed by atoms with Gasteiger partial charge >= 0.3 is 0 Å². The van der Waals surface area contributed by atoms with Crippen LogP contribution in [0.2, 0.25) is 0 Å². The zero-order valence-corrected chi connectivity index (χ0v) is 6.75. The van der Waals surface area contributed by atoms with Crippen LogP contribution in [0.25, 0.3) is 0 Å². The van der Waals surface area contributed by atoms with Gasteiger partial charge in [0.25, 0.3) is 0 Å². The molecular weight excluding hydrogens is 160 g/mol. The molecule has 0 saturated carbocycles. The van der Waals surface area contributed by atoms with E-state index in [1.54, 1.807) is 6.92 Å². The van der Waals surface area contributed by atoms with Crippen molar-refractivity contribution >= 4 is 5.95 Å². The van der Waals surface area contributed by atoms with E-state index in [2.05, 4.69) is 10.1 Å². The van der Waals surface area contributed by atoms with E-state index in [0.717, 1.165) is 0 Å². The summed E-state index contributed by atoms with van der Waals surface area (Å²) in [6, 6.07) is -0.320. The van der Waals surface area contributed by atoms with Gasteiger partial charge in [0.1, 0.15) is 6.33 Å².